The molecule has 0 unspecified atom stereocenters. The Morgan fingerprint density at radius 3 is 1.96 bits per heavy atom. The lowest BCUT2D eigenvalue weighted by Crippen LogP contribution is -2.42. The van der Waals surface area contributed by atoms with Gasteiger partial charge in [0, 0.05) is 38.4 Å². The molecule has 1 aromatic heterocycles. The topological polar surface area (TPSA) is 106 Å². The Balaban J connectivity index is 1.67. The Morgan fingerprint density at radius 2 is 1.42 bits per heavy atom. The number of hydrogen-bond donors (Lipinski definition) is 0. The van der Waals surface area contributed by atoms with Crippen molar-refractivity contribution in [2.24, 2.45) is 0 Å². The molecule has 0 aromatic carbocycles. The average Bonchev–Trinajstić information content (AvgIpc) is 3.03. The molecule has 0 aliphatic carbocycles. The van der Waals surface area contributed by atoms with E-state index in [1.807, 2.05) is 0 Å². The summed E-state index contributed by atoms with van der Waals surface area (Å²) >= 11 is 1.08. The maximum absolute atomic E-state index is 13.2. The first-order valence-corrected chi connectivity index (χ1v) is 18.2. The molecule has 1 aromatic rings. The highest BCUT2D eigenvalue weighted by Crippen LogP contribution is 2.29. The summed E-state index contributed by atoms with van der Waals surface area (Å²) in [5.74, 6) is -0.712. The van der Waals surface area contributed by atoms with Gasteiger partial charge >= 0.3 is 6.09 Å². The third kappa shape index (κ3) is 16.6. The molecular weight excluding hydrogens is 590 g/mol. The molecule has 1 aliphatic rings. The van der Waals surface area contributed by atoms with Gasteiger partial charge in [-0.2, -0.15) is 0 Å². The van der Waals surface area contributed by atoms with Crippen molar-refractivity contribution in [1.82, 2.24) is 14.8 Å². The van der Waals surface area contributed by atoms with E-state index in [4.69, 9.17) is 9.47 Å². The highest BCUT2D eigenvalue weighted by molar-refractivity contribution is 8.14. The van der Waals surface area contributed by atoms with Gasteiger partial charge in [-0.15, -0.1) is 0 Å². The van der Waals surface area contributed by atoms with E-state index in [-0.39, 0.29) is 29.5 Å². The molecule has 1 aliphatic heterocycles. The molecule has 45 heavy (non-hydrogen) atoms. The predicted octanol–water partition coefficient (Wildman–Crippen LogP) is 8.69. The number of nitrogens with zero attached hydrogens (tertiary/aromatic N) is 3. The number of unbranched alkanes of at least 4 members (excludes halogenated alkanes) is 14. The predicted molar refractivity (Wildman–Crippen MR) is 180 cm³/mol. The van der Waals surface area contributed by atoms with Crippen molar-refractivity contribution in [2.75, 3.05) is 19.8 Å². The Morgan fingerprint density at radius 1 is 0.844 bits per heavy atom. The molecule has 4 amide bonds. The van der Waals surface area contributed by atoms with Crippen LogP contribution in [0.5, 0.6) is 0 Å². The van der Waals surface area contributed by atoms with Gasteiger partial charge in [0.25, 0.3) is 5.24 Å². The van der Waals surface area contributed by atoms with Crippen LogP contribution < -0.4 is 0 Å². The Hall–Kier alpha value is -2.46. The maximum Gasteiger partial charge on any atom is 0.416 e. The molecule has 1 fully saturated rings. The first kappa shape index (κ1) is 38.7. The molecule has 2 atom stereocenters. The number of imide groups is 2. The van der Waals surface area contributed by atoms with Crippen molar-refractivity contribution >= 4 is 34.9 Å². The molecule has 0 spiro atoms. The van der Waals surface area contributed by atoms with Crippen LogP contribution in [0.1, 0.15) is 136 Å². The lowest BCUT2D eigenvalue weighted by atomic mass is 10.0. The molecule has 0 radical (unpaired) electrons. The first-order valence-electron chi connectivity index (χ1n) is 17.3. The first-order chi connectivity index (χ1) is 21.8. The normalized spacial score (nSPS) is 16.2. The fourth-order valence-corrected chi connectivity index (χ4v) is 6.70. The van der Waals surface area contributed by atoms with Gasteiger partial charge in [-0.3, -0.25) is 24.3 Å². The molecule has 9 nitrogen and oxygen atoms in total. The van der Waals surface area contributed by atoms with E-state index in [9.17, 15) is 19.2 Å². The van der Waals surface area contributed by atoms with E-state index in [1.54, 1.807) is 24.4 Å². The number of amides is 4. The quantitative estimate of drug-likeness (QED) is 0.122. The SMILES string of the molecule is CCCCCCCCCCCCCCCCCN(C(C)=O)C(=O)S[C@H]1CCCO[C@H]1COC(=O)N(Cc1ccccn1)C(C)=O. The van der Waals surface area contributed by atoms with Gasteiger partial charge in [0.2, 0.25) is 11.8 Å². The summed E-state index contributed by atoms with van der Waals surface area (Å²) in [5, 5.41) is -0.552. The van der Waals surface area contributed by atoms with Crippen molar-refractivity contribution < 1.29 is 28.7 Å². The molecule has 0 N–H and O–H groups in total. The minimum atomic E-state index is -0.782. The number of pyridine rings is 1. The van der Waals surface area contributed by atoms with E-state index in [0.717, 1.165) is 42.3 Å². The molecule has 0 bridgehead atoms. The molecule has 2 rings (SSSR count). The van der Waals surface area contributed by atoms with E-state index >= 15 is 0 Å². The van der Waals surface area contributed by atoms with Crippen molar-refractivity contribution in [2.45, 2.75) is 148 Å². The van der Waals surface area contributed by atoms with Crippen LogP contribution in [-0.2, 0) is 25.6 Å². The van der Waals surface area contributed by atoms with Gasteiger partial charge in [0.05, 0.1) is 12.2 Å². The van der Waals surface area contributed by atoms with E-state index < -0.39 is 18.1 Å². The largest absolute Gasteiger partial charge is 0.446 e. The van der Waals surface area contributed by atoms with Gasteiger partial charge in [-0.25, -0.2) is 9.69 Å². The van der Waals surface area contributed by atoms with Crippen LogP contribution >= 0.6 is 11.8 Å². The second-order valence-corrected chi connectivity index (χ2v) is 13.3. The van der Waals surface area contributed by atoms with Gasteiger partial charge < -0.3 is 9.47 Å². The fourth-order valence-electron chi connectivity index (χ4n) is 5.50. The van der Waals surface area contributed by atoms with Crippen LogP contribution in [0, 0.1) is 0 Å². The van der Waals surface area contributed by atoms with Gasteiger partial charge in [-0.05, 0) is 31.4 Å². The third-order valence-electron chi connectivity index (χ3n) is 8.24. The standard InChI is InChI=1S/C35H57N3O6S/c1-4-5-6-7-8-9-10-11-12-13-14-15-16-17-20-25-37(29(2)39)35(42)45-33-23-21-26-43-32(33)28-44-34(41)38(30(3)40)27-31-22-18-19-24-36-31/h18-19,22,24,32-33H,4-17,20-21,23,25-28H2,1-3H3/t32-,33-/m0/s1. The number of thioether (sulfide) groups is 1. The summed E-state index contributed by atoms with van der Waals surface area (Å²) in [5.41, 5.74) is 0.566. The third-order valence-corrected chi connectivity index (χ3v) is 9.50. The minimum absolute atomic E-state index is 0.00404. The smallest absolute Gasteiger partial charge is 0.416 e. The van der Waals surface area contributed by atoms with E-state index in [0.29, 0.717) is 25.3 Å². The number of rotatable bonds is 21. The van der Waals surface area contributed by atoms with Crippen LogP contribution in [-0.4, -0.2) is 69.0 Å². The van der Waals surface area contributed by atoms with Crippen LogP contribution in [0.4, 0.5) is 9.59 Å². The van der Waals surface area contributed by atoms with Crippen LogP contribution in [0.2, 0.25) is 0 Å². The Bertz CT molecular complexity index is 995. The summed E-state index contributed by atoms with van der Waals surface area (Å²) in [6, 6.07) is 5.27. The lowest BCUT2D eigenvalue weighted by Gasteiger charge is -2.32. The van der Waals surface area contributed by atoms with E-state index in [1.165, 1.54) is 95.8 Å². The van der Waals surface area contributed by atoms with Crippen LogP contribution in [0.3, 0.4) is 0 Å². The number of ether oxygens (including phenoxy) is 2. The maximum atomic E-state index is 13.2. The molecule has 2 heterocycles. The zero-order valence-corrected chi connectivity index (χ0v) is 28.8. The summed E-state index contributed by atoms with van der Waals surface area (Å²) in [4.78, 5) is 56.9. The second kappa shape index (κ2) is 23.8. The summed E-state index contributed by atoms with van der Waals surface area (Å²) in [7, 11) is 0. The van der Waals surface area contributed by atoms with Gasteiger partial charge in [0.15, 0.2) is 0 Å². The molecule has 0 saturated carbocycles. The Labute approximate surface area is 275 Å². The zero-order chi connectivity index (χ0) is 32.7. The highest BCUT2D eigenvalue weighted by Gasteiger charge is 2.33. The summed E-state index contributed by atoms with van der Waals surface area (Å²) in [6.45, 7) is 5.81. The number of carbonyl (C=O) groups is 4. The highest BCUT2D eigenvalue weighted by atomic mass is 32.2. The second-order valence-electron chi connectivity index (χ2n) is 12.1. The van der Waals surface area contributed by atoms with Crippen molar-refractivity contribution in [3.63, 3.8) is 0 Å². The van der Waals surface area contributed by atoms with Crippen molar-refractivity contribution in [3.8, 4) is 0 Å². The van der Waals surface area contributed by atoms with Gasteiger partial charge in [-0.1, -0.05) is 115 Å². The van der Waals surface area contributed by atoms with Crippen molar-refractivity contribution in [3.05, 3.63) is 30.1 Å². The molecular formula is C35H57N3O6S. The number of hydrogen-bond acceptors (Lipinski definition) is 8. The zero-order valence-electron chi connectivity index (χ0n) is 28.0. The molecule has 254 valence electrons. The molecule has 1 saturated heterocycles. The Kier molecular flexibility index (Phi) is 20.5. The lowest BCUT2D eigenvalue weighted by molar-refractivity contribution is -0.128. The number of aromatic nitrogens is 1. The average molecular weight is 648 g/mol. The van der Waals surface area contributed by atoms with Crippen molar-refractivity contribution in [1.29, 1.82) is 0 Å². The number of carbonyl (C=O) groups excluding carboxylic acids is 4. The minimum Gasteiger partial charge on any atom is -0.446 e. The van der Waals surface area contributed by atoms with Crippen LogP contribution in [0.25, 0.3) is 0 Å². The van der Waals surface area contributed by atoms with Crippen LogP contribution in [0.15, 0.2) is 24.4 Å². The van der Waals surface area contributed by atoms with Gasteiger partial charge in [0.1, 0.15) is 12.7 Å². The summed E-state index contributed by atoms with van der Waals surface area (Å²) in [6.07, 6.45) is 20.7. The van der Waals surface area contributed by atoms with E-state index in [2.05, 4.69) is 11.9 Å². The summed E-state index contributed by atoms with van der Waals surface area (Å²) < 4.78 is 11.3. The fraction of sp³-hybridized carbons (Fsp3) is 0.743. The monoisotopic (exact) mass is 647 g/mol. The molecule has 10 heteroatoms.